The number of nitrogens with zero attached hydrogens (tertiary/aromatic N) is 3. The molecular formula is C26H29F3N4O2. The second-order valence-corrected chi connectivity index (χ2v) is 9.72. The van der Waals surface area contributed by atoms with Crippen LogP contribution >= 0.6 is 0 Å². The van der Waals surface area contributed by atoms with Gasteiger partial charge >= 0.3 is 6.18 Å². The van der Waals surface area contributed by atoms with Crippen molar-refractivity contribution in [1.82, 2.24) is 20.1 Å². The van der Waals surface area contributed by atoms with Crippen LogP contribution in [0.2, 0.25) is 0 Å². The summed E-state index contributed by atoms with van der Waals surface area (Å²) in [7, 11) is 0. The third-order valence-corrected chi connectivity index (χ3v) is 7.77. The molecular weight excluding hydrogens is 457 g/mol. The molecule has 6 nitrogen and oxygen atoms in total. The third kappa shape index (κ3) is 4.91. The molecule has 2 aromatic rings. The molecule has 3 fully saturated rings. The summed E-state index contributed by atoms with van der Waals surface area (Å²) in [6, 6.07) is 11.3. The normalized spacial score (nSPS) is 26.7. The molecule has 2 aliphatic heterocycles. The summed E-state index contributed by atoms with van der Waals surface area (Å²) < 4.78 is 38.8. The monoisotopic (exact) mass is 486 g/mol. The van der Waals surface area contributed by atoms with Gasteiger partial charge in [-0.3, -0.25) is 19.5 Å². The number of benzene rings is 1. The summed E-state index contributed by atoms with van der Waals surface area (Å²) in [5.41, 5.74) is 0.162. The molecule has 3 aliphatic rings. The first kappa shape index (κ1) is 23.8. The number of halogens is 3. The number of likely N-dealkylation sites (tertiary alicyclic amines) is 2. The number of aromatic nitrogens is 1. The number of hydrogen-bond acceptors (Lipinski definition) is 4. The number of rotatable bonds is 5. The molecule has 1 aliphatic carbocycles. The zero-order valence-electron chi connectivity index (χ0n) is 19.4. The fourth-order valence-electron chi connectivity index (χ4n) is 6.12. The van der Waals surface area contributed by atoms with Crippen LogP contribution in [0.25, 0.3) is 0 Å². The van der Waals surface area contributed by atoms with Gasteiger partial charge in [0.2, 0.25) is 5.91 Å². The highest BCUT2D eigenvalue weighted by molar-refractivity contribution is 5.96. The molecule has 1 aromatic heterocycles. The van der Waals surface area contributed by atoms with Gasteiger partial charge in [-0.05, 0) is 62.4 Å². The van der Waals surface area contributed by atoms with Crippen molar-refractivity contribution in [3.8, 4) is 0 Å². The first-order chi connectivity index (χ1) is 16.8. The van der Waals surface area contributed by atoms with E-state index >= 15 is 0 Å². The van der Waals surface area contributed by atoms with E-state index in [0.717, 1.165) is 56.5 Å². The van der Waals surface area contributed by atoms with E-state index in [1.165, 1.54) is 12.1 Å². The van der Waals surface area contributed by atoms with Crippen molar-refractivity contribution < 1.29 is 22.8 Å². The van der Waals surface area contributed by atoms with Crippen LogP contribution in [0.4, 0.5) is 13.2 Å². The van der Waals surface area contributed by atoms with Crippen molar-refractivity contribution in [1.29, 1.82) is 0 Å². The molecule has 0 radical (unpaired) electrons. The Morgan fingerprint density at radius 1 is 1.00 bits per heavy atom. The molecule has 2 amide bonds. The number of fused-ring (bicyclic) bond motifs is 1. The Kier molecular flexibility index (Phi) is 6.53. The summed E-state index contributed by atoms with van der Waals surface area (Å²) in [4.78, 5) is 34.3. The van der Waals surface area contributed by atoms with Crippen LogP contribution < -0.4 is 5.32 Å². The van der Waals surface area contributed by atoms with E-state index in [9.17, 15) is 22.8 Å². The molecule has 4 atom stereocenters. The maximum atomic E-state index is 12.9. The Hall–Kier alpha value is -2.94. The molecule has 35 heavy (non-hydrogen) atoms. The lowest BCUT2D eigenvalue weighted by Crippen LogP contribution is -2.45. The fourth-order valence-corrected chi connectivity index (χ4v) is 6.12. The predicted octanol–water partition coefficient (Wildman–Crippen LogP) is 3.84. The summed E-state index contributed by atoms with van der Waals surface area (Å²) in [5.74, 6) is -0.386. The molecule has 3 heterocycles. The van der Waals surface area contributed by atoms with Crippen molar-refractivity contribution >= 4 is 11.8 Å². The summed E-state index contributed by atoms with van der Waals surface area (Å²) >= 11 is 0. The van der Waals surface area contributed by atoms with Crippen LogP contribution in [-0.2, 0) is 11.0 Å². The van der Waals surface area contributed by atoms with E-state index in [0.29, 0.717) is 24.5 Å². The number of alkyl halides is 3. The molecule has 2 saturated heterocycles. The van der Waals surface area contributed by atoms with Crippen LogP contribution in [-0.4, -0.2) is 64.4 Å². The van der Waals surface area contributed by atoms with Gasteiger partial charge < -0.3 is 10.2 Å². The highest BCUT2D eigenvalue weighted by atomic mass is 19.4. The largest absolute Gasteiger partial charge is 0.416 e. The van der Waals surface area contributed by atoms with Gasteiger partial charge in [0.05, 0.1) is 12.1 Å². The number of carbonyl (C=O) groups excluding carboxylic acids is 2. The van der Waals surface area contributed by atoms with Gasteiger partial charge in [0, 0.05) is 54.6 Å². The van der Waals surface area contributed by atoms with Crippen molar-refractivity contribution in [2.24, 2.45) is 0 Å². The molecule has 0 spiro atoms. The van der Waals surface area contributed by atoms with Crippen molar-refractivity contribution in [3.63, 3.8) is 0 Å². The topological polar surface area (TPSA) is 65.5 Å². The third-order valence-electron chi connectivity index (χ3n) is 7.77. The molecule has 1 saturated carbocycles. The lowest BCUT2D eigenvalue weighted by Gasteiger charge is -2.30. The quantitative estimate of drug-likeness (QED) is 0.698. The summed E-state index contributed by atoms with van der Waals surface area (Å²) in [6.07, 6.45) is 2.47. The summed E-state index contributed by atoms with van der Waals surface area (Å²) in [6.45, 7) is 1.37. The number of amides is 2. The Labute approximate surface area is 202 Å². The predicted molar refractivity (Wildman–Crippen MR) is 124 cm³/mol. The van der Waals surface area contributed by atoms with Crippen LogP contribution in [0.15, 0.2) is 48.7 Å². The average molecular weight is 487 g/mol. The van der Waals surface area contributed by atoms with Crippen molar-refractivity contribution in [2.45, 2.75) is 62.3 Å². The fraction of sp³-hybridized carbons (Fsp3) is 0.500. The molecule has 1 aromatic carbocycles. The molecule has 0 bridgehead atoms. The van der Waals surface area contributed by atoms with Crippen molar-refractivity contribution in [2.75, 3.05) is 19.6 Å². The SMILES string of the molecule is O=C(NCC(=O)N1CCC2C1CCN2C1CC[C@H](c2ccccn2)C1)c1cccc(C(F)(F)F)c1. The molecule has 9 heteroatoms. The van der Waals surface area contributed by atoms with Gasteiger partial charge in [-0.1, -0.05) is 12.1 Å². The van der Waals surface area contributed by atoms with Gasteiger partial charge in [0.1, 0.15) is 0 Å². The lowest BCUT2D eigenvalue weighted by atomic mass is 10.0. The first-order valence-corrected chi connectivity index (χ1v) is 12.2. The maximum absolute atomic E-state index is 12.9. The standard InChI is InChI=1S/C26H29F3N4O2/c27-26(28,29)19-5-3-4-18(14-19)25(35)31-16-24(34)33-13-10-22-23(33)9-12-32(22)20-8-7-17(15-20)21-6-1-2-11-30-21/h1-6,11,14,17,20,22-23H,7-10,12-13,15-16H2,(H,31,35)/t17-,20?,22?,23?/m0/s1. The summed E-state index contributed by atoms with van der Waals surface area (Å²) in [5, 5.41) is 2.51. The second kappa shape index (κ2) is 9.60. The highest BCUT2D eigenvalue weighted by Gasteiger charge is 2.47. The molecule has 1 N–H and O–H groups in total. The molecule has 3 unspecified atom stereocenters. The van der Waals surface area contributed by atoms with Crippen LogP contribution in [0.1, 0.15) is 59.6 Å². The van der Waals surface area contributed by atoms with E-state index in [-0.39, 0.29) is 24.1 Å². The zero-order valence-corrected chi connectivity index (χ0v) is 19.4. The minimum absolute atomic E-state index is 0.109. The Balaban J connectivity index is 1.15. The Morgan fingerprint density at radius 3 is 2.60 bits per heavy atom. The van der Waals surface area contributed by atoms with Gasteiger partial charge in [-0.2, -0.15) is 13.2 Å². The van der Waals surface area contributed by atoms with E-state index in [1.807, 2.05) is 23.2 Å². The van der Waals surface area contributed by atoms with Gasteiger partial charge in [0.25, 0.3) is 5.91 Å². The molecule has 5 rings (SSSR count). The number of hydrogen-bond donors (Lipinski definition) is 1. The van der Waals surface area contributed by atoms with E-state index < -0.39 is 17.6 Å². The minimum Gasteiger partial charge on any atom is -0.343 e. The lowest BCUT2D eigenvalue weighted by molar-refractivity contribution is -0.137. The van der Waals surface area contributed by atoms with Crippen molar-refractivity contribution in [3.05, 3.63) is 65.5 Å². The van der Waals surface area contributed by atoms with E-state index in [1.54, 1.807) is 0 Å². The number of nitrogens with one attached hydrogen (secondary N) is 1. The van der Waals surface area contributed by atoms with Crippen LogP contribution in [0.3, 0.4) is 0 Å². The Bertz CT molecular complexity index is 1080. The minimum atomic E-state index is -4.53. The number of carbonyl (C=O) groups is 2. The number of pyridine rings is 1. The van der Waals surface area contributed by atoms with E-state index in [2.05, 4.69) is 21.3 Å². The average Bonchev–Trinajstić information content (AvgIpc) is 3.59. The van der Waals surface area contributed by atoms with Crippen LogP contribution in [0, 0.1) is 0 Å². The van der Waals surface area contributed by atoms with Gasteiger partial charge in [0.15, 0.2) is 0 Å². The second-order valence-electron chi connectivity index (χ2n) is 9.72. The smallest absolute Gasteiger partial charge is 0.343 e. The van der Waals surface area contributed by atoms with E-state index in [4.69, 9.17) is 0 Å². The highest BCUT2D eigenvalue weighted by Crippen LogP contribution is 2.41. The molecule has 186 valence electrons. The maximum Gasteiger partial charge on any atom is 0.416 e. The van der Waals surface area contributed by atoms with Crippen LogP contribution in [0.5, 0.6) is 0 Å². The van der Waals surface area contributed by atoms with Gasteiger partial charge in [-0.25, -0.2) is 0 Å². The Morgan fingerprint density at radius 2 is 1.83 bits per heavy atom. The first-order valence-electron chi connectivity index (χ1n) is 12.2. The zero-order chi connectivity index (χ0) is 24.6. The van der Waals surface area contributed by atoms with Gasteiger partial charge in [-0.15, -0.1) is 0 Å².